The molecule has 0 bridgehead atoms. The molecule has 0 amide bonds. The molecule has 318 valence electrons. The van der Waals surface area contributed by atoms with Gasteiger partial charge in [-0.15, -0.1) is 0 Å². The first kappa shape index (κ1) is 44.1. The summed E-state index contributed by atoms with van der Waals surface area (Å²) in [5.74, 6) is 1.39. The number of methoxy groups -OCH3 is 1. The van der Waals surface area contributed by atoms with E-state index in [2.05, 4.69) is 142 Å². The van der Waals surface area contributed by atoms with Crippen LogP contribution in [0.3, 0.4) is 0 Å². The number of rotatable bonds is 14. The van der Waals surface area contributed by atoms with Crippen molar-refractivity contribution in [2.45, 2.75) is 73.3 Å². The monoisotopic (exact) mass is 831 g/mol. The highest BCUT2D eigenvalue weighted by atomic mass is 16.5. The normalized spacial score (nSPS) is 11.9. The topological polar surface area (TPSA) is 55.8 Å². The van der Waals surface area contributed by atoms with Gasteiger partial charge in [-0.2, -0.15) is 0 Å². The highest BCUT2D eigenvalue weighted by Crippen LogP contribution is 2.38. The molecule has 5 nitrogen and oxygen atoms in total. The average Bonchev–Trinajstić information content (AvgIpc) is 3.27. The van der Waals surface area contributed by atoms with E-state index in [9.17, 15) is 9.59 Å². The molecule has 0 aliphatic rings. The Kier molecular flexibility index (Phi) is 12.7. The zero-order valence-electron chi connectivity index (χ0n) is 38.2. The number of carbonyl (C=O) groups excluding carboxylic acids is 2. The fourth-order valence-corrected chi connectivity index (χ4v) is 8.06. The average molecular weight is 832 g/mol. The first-order chi connectivity index (χ1) is 30.0. The minimum Gasteiger partial charge on any atom is -0.497 e. The number of anilines is 3. The first-order valence-electron chi connectivity index (χ1n) is 21.5. The smallest absolute Gasteiger partial charge is 0.205 e. The summed E-state index contributed by atoms with van der Waals surface area (Å²) >= 11 is 0. The van der Waals surface area contributed by atoms with Gasteiger partial charge in [0, 0.05) is 33.6 Å². The predicted octanol–water partition coefficient (Wildman–Crippen LogP) is 14.6. The molecule has 0 heterocycles. The van der Waals surface area contributed by atoms with Gasteiger partial charge in [-0.3, -0.25) is 9.59 Å². The largest absolute Gasteiger partial charge is 0.497 e. The summed E-state index contributed by atoms with van der Waals surface area (Å²) in [7, 11) is 1.67. The highest BCUT2D eigenvalue weighted by molar-refractivity contribution is 6.03. The lowest BCUT2D eigenvalue weighted by molar-refractivity contribution is 0.0582. The van der Waals surface area contributed by atoms with Crippen LogP contribution in [-0.2, 0) is 5.41 Å². The molecule has 0 atom stereocenters. The van der Waals surface area contributed by atoms with Gasteiger partial charge in [0.15, 0.2) is 11.4 Å². The molecule has 5 heteroatoms. The Morgan fingerprint density at radius 3 is 1.48 bits per heavy atom. The van der Waals surface area contributed by atoms with Crippen molar-refractivity contribution in [3.63, 3.8) is 0 Å². The second-order valence-corrected chi connectivity index (χ2v) is 17.6. The number of ketones is 2. The summed E-state index contributed by atoms with van der Waals surface area (Å²) in [4.78, 5) is 28.5. The van der Waals surface area contributed by atoms with E-state index in [4.69, 9.17) is 9.47 Å². The van der Waals surface area contributed by atoms with E-state index >= 15 is 0 Å². The maximum Gasteiger partial charge on any atom is 0.205 e. The minimum absolute atomic E-state index is 0.0654. The molecule has 7 aromatic rings. The van der Waals surface area contributed by atoms with E-state index in [1.807, 2.05) is 82.3 Å². The summed E-state index contributed by atoms with van der Waals surface area (Å²) in [6.45, 7) is 17.8. The van der Waals surface area contributed by atoms with Crippen molar-refractivity contribution >= 4 is 40.3 Å². The summed E-state index contributed by atoms with van der Waals surface area (Å²) in [5.41, 5.74) is 13.7. The van der Waals surface area contributed by atoms with Crippen molar-refractivity contribution in [2.75, 3.05) is 12.0 Å². The molecule has 0 fully saturated rings. The summed E-state index contributed by atoms with van der Waals surface area (Å²) in [6.07, 6.45) is 2.19. The van der Waals surface area contributed by atoms with E-state index in [0.29, 0.717) is 11.3 Å². The number of aryl methyl sites for hydroxylation is 4. The van der Waals surface area contributed by atoms with E-state index in [0.717, 1.165) is 72.9 Å². The van der Waals surface area contributed by atoms with Crippen molar-refractivity contribution in [3.8, 4) is 11.5 Å². The Labute approximate surface area is 373 Å². The number of carbonyl (C=O) groups is 2. The van der Waals surface area contributed by atoms with Crippen LogP contribution >= 0.6 is 0 Å². The lowest BCUT2D eigenvalue weighted by atomic mass is 9.76. The number of ether oxygens (including phenoxy) is 2. The predicted molar refractivity (Wildman–Crippen MR) is 261 cm³/mol. The third-order valence-corrected chi connectivity index (χ3v) is 12.0. The van der Waals surface area contributed by atoms with Crippen LogP contribution in [0.5, 0.6) is 11.5 Å². The third kappa shape index (κ3) is 9.74. The molecule has 7 rings (SSSR count). The second kappa shape index (κ2) is 18.2. The van der Waals surface area contributed by atoms with Crippen molar-refractivity contribution in [2.24, 2.45) is 0 Å². The van der Waals surface area contributed by atoms with E-state index < -0.39 is 5.60 Å². The van der Waals surface area contributed by atoms with E-state index in [-0.39, 0.29) is 17.0 Å². The molecule has 7 aromatic carbocycles. The zero-order chi connectivity index (χ0) is 45.1. The van der Waals surface area contributed by atoms with Crippen LogP contribution in [-0.4, -0.2) is 24.3 Å². The van der Waals surface area contributed by atoms with E-state index in [1.54, 1.807) is 14.0 Å². The number of nitrogens with zero attached hydrogens (tertiary/aromatic N) is 1. The summed E-state index contributed by atoms with van der Waals surface area (Å²) < 4.78 is 12.0. The number of hydrogen-bond acceptors (Lipinski definition) is 5. The molecule has 0 saturated carbocycles. The van der Waals surface area contributed by atoms with Gasteiger partial charge >= 0.3 is 0 Å². The van der Waals surface area contributed by atoms with Crippen LogP contribution in [0.2, 0.25) is 0 Å². The van der Waals surface area contributed by atoms with Gasteiger partial charge in [-0.05, 0) is 154 Å². The van der Waals surface area contributed by atoms with Crippen molar-refractivity contribution in [1.82, 2.24) is 0 Å². The fraction of sp³-hybridized carbons (Fsp3) is 0.207. The molecule has 63 heavy (non-hydrogen) atoms. The Balaban J connectivity index is 1.14. The number of benzene rings is 7. The Hall–Kier alpha value is -6.98. The minimum atomic E-state index is -1.13. The van der Waals surface area contributed by atoms with Crippen LogP contribution in [0.15, 0.2) is 158 Å². The van der Waals surface area contributed by atoms with Crippen molar-refractivity contribution < 1.29 is 19.1 Å². The van der Waals surface area contributed by atoms with Crippen LogP contribution in [0.25, 0.3) is 11.6 Å². The van der Waals surface area contributed by atoms with Crippen LogP contribution < -0.4 is 14.4 Å². The zero-order valence-corrected chi connectivity index (χ0v) is 38.2. The summed E-state index contributed by atoms with van der Waals surface area (Å²) in [6, 6.07) is 53.9. The standard InChI is InChI=1S/C58H57NO4/c1-38-11-25-49(26-12-38)59(50-27-13-39(2)14-28-50)51-29-15-43(16-30-51)37-54(45-21-31-52(62-10)32-22-45)44-17-19-46(20-18-44)56(61)58(8,9)63-55-34-24-48(36-41(55)4)57(6,7)47-23-33-53(42(5)60)40(3)35-47/h11-37H,1-10H3. The van der Waals surface area contributed by atoms with Gasteiger partial charge in [-0.1, -0.05) is 128 Å². The maximum absolute atomic E-state index is 14.2. The molecule has 0 spiro atoms. The van der Waals surface area contributed by atoms with Crippen molar-refractivity contribution in [1.29, 1.82) is 0 Å². The van der Waals surface area contributed by atoms with Gasteiger partial charge in [-0.25, -0.2) is 0 Å². The molecule has 0 aliphatic carbocycles. The summed E-state index contributed by atoms with van der Waals surface area (Å²) in [5, 5.41) is 0. The Morgan fingerprint density at radius 2 is 1.00 bits per heavy atom. The van der Waals surface area contributed by atoms with Crippen LogP contribution in [0.1, 0.15) is 105 Å². The molecule has 0 N–H and O–H groups in total. The first-order valence-corrected chi connectivity index (χ1v) is 21.5. The number of hydrogen-bond donors (Lipinski definition) is 0. The molecular weight excluding hydrogens is 775 g/mol. The molecule has 0 saturated heterocycles. The molecule has 0 unspecified atom stereocenters. The van der Waals surface area contributed by atoms with Gasteiger partial charge < -0.3 is 14.4 Å². The lowest BCUT2D eigenvalue weighted by Crippen LogP contribution is -2.38. The quantitative estimate of drug-likeness (QED) is 0.0807. The van der Waals surface area contributed by atoms with Crippen molar-refractivity contribution in [3.05, 3.63) is 219 Å². The lowest BCUT2D eigenvalue weighted by Gasteiger charge is -2.29. The van der Waals surface area contributed by atoms with Gasteiger partial charge in [0.25, 0.3) is 0 Å². The SMILES string of the molecule is COc1ccc(C(=Cc2ccc(N(c3ccc(C)cc3)c3ccc(C)cc3)cc2)c2ccc(C(=O)C(C)(C)Oc3ccc(C(C)(C)c4ccc(C(C)=O)c(C)c4)cc3C)cc2)cc1. The third-order valence-electron chi connectivity index (χ3n) is 12.0. The second-order valence-electron chi connectivity index (χ2n) is 17.6. The van der Waals surface area contributed by atoms with Crippen LogP contribution in [0.4, 0.5) is 17.1 Å². The molecule has 0 radical (unpaired) electrons. The molecule has 0 aromatic heterocycles. The van der Waals surface area contributed by atoms with Gasteiger partial charge in [0.2, 0.25) is 5.78 Å². The molecular formula is C58H57NO4. The Morgan fingerprint density at radius 1 is 0.540 bits per heavy atom. The van der Waals surface area contributed by atoms with Gasteiger partial charge in [0.1, 0.15) is 11.5 Å². The Bertz CT molecular complexity index is 2730. The van der Waals surface area contributed by atoms with E-state index in [1.165, 1.54) is 11.1 Å². The molecule has 0 aliphatic heterocycles. The van der Waals surface area contributed by atoms with Gasteiger partial charge in [0.05, 0.1) is 7.11 Å². The van der Waals surface area contributed by atoms with Crippen LogP contribution in [0, 0.1) is 27.7 Å². The highest BCUT2D eigenvalue weighted by Gasteiger charge is 2.32. The maximum atomic E-state index is 14.2. The number of Topliss-reactive ketones (excluding diaryl/α,β-unsaturated/α-hetero) is 2. The fourth-order valence-electron chi connectivity index (χ4n) is 8.06.